The maximum absolute atomic E-state index is 12.9. The predicted octanol–water partition coefficient (Wildman–Crippen LogP) is 2.89. The number of carbonyl (C=O) groups is 2. The Hall–Kier alpha value is -3.23. The van der Waals surface area contributed by atoms with Gasteiger partial charge in [-0.3, -0.25) is 14.6 Å². The number of aromatic nitrogens is 1. The zero-order valence-corrected chi connectivity index (χ0v) is 20.9. The zero-order chi connectivity index (χ0) is 25.0. The number of benzene rings is 1. The molecule has 1 aromatic carbocycles. The van der Waals surface area contributed by atoms with Gasteiger partial charge in [-0.15, -0.1) is 0 Å². The number of nitrogens with zero attached hydrogens (tertiary/aromatic N) is 4. The molecular weight excluding hydrogens is 476 g/mol. The number of pyridine rings is 1. The summed E-state index contributed by atoms with van der Waals surface area (Å²) in [7, 11) is 2.07. The van der Waals surface area contributed by atoms with Gasteiger partial charge in [-0.25, -0.2) is 4.99 Å². The van der Waals surface area contributed by atoms with Gasteiger partial charge in [0, 0.05) is 50.4 Å². The van der Waals surface area contributed by atoms with Crippen LogP contribution in [-0.2, 0) is 11.2 Å². The van der Waals surface area contributed by atoms with Crippen LogP contribution in [0, 0.1) is 17.8 Å². The lowest BCUT2D eigenvalue weighted by Gasteiger charge is -2.32. The summed E-state index contributed by atoms with van der Waals surface area (Å²) in [4.78, 5) is 38.7. The van der Waals surface area contributed by atoms with Crippen LogP contribution in [0.15, 0.2) is 47.6 Å². The Labute approximate surface area is 215 Å². The van der Waals surface area contributed by atoms with Gasteiger partial charge in [0.2, 0.25) is 5.91 Å². The molecule has 2 fully saturated rings. The fourth-order valence-electron chi connectivity index (χ4n) is 5.98. The second-order valence-electron chi connectivity index (χ2n) is 10.2. The molecule has 1 saturated carbocycles. The monoisotopic (exact) mass is 504 g/mol. The first-order valence-electron chi connectivity index (χ1n) is 12.5. The summed E-state index contributed by atoms with van der Waals surface area (Å²) in [5.41, 5.74) is 10.5. The zero-order valence-electron chi connectivity index (χ0n) is 20.2. The number of nitrogens with one attached hydrogen (secondary N) is 1. The molecule has 2 aromatic rings. The number of amides is 2. The van der Waals surface area contributed by atoms with E-state index in [9.17, 15) is 9.59 Å². The minimum Gasteiger partial charge on any atom is -0.378 e. The number of anilines is 1. The molecule has 186 valence electrons. The van der Waals surface area contributed by atoms with Crippen molar-refractivity contribution in [3.8, 4) is 0 Å². The minimum atomic E-state index is -0.290. The normalized spacial score (nSPS) is 26.7. The quantitative estimate of drug-likeness (QED) is 0.609. The van der Waals surface area contributed by atoms with E-state index in [1.54, 1.807) is 6.20 Å². The molecule has 4 atom stereocenters. The number of allylic oxidation sites excluding steroid dienone is 1. The Morgan fingerprint density at radius 1 is 1.08 bits per heavy atom. The summed E-state index contributed by atoms with van der Waals surface area (Å²) in [5.74, 6) is -0.0840. The molecule has 9 heteroatoms. The average Bonchev–Trinajstić information content (AvgIpc) is 3.61. The lowest BCUT2D eigenvalue weighted by molar-refractivity contribution is -0.122. The highest BCUT2D eigenvalue weighted by atomic mass is 35.5. The van der Waals surface area contributed by atoms with Crippen LogP contribution in [0.5, 0.6) is 0 Å². The van der Waals surface area contributed by atoms with Crippen molar-refractivity contribution in [3.05, 3.63) is 64.5 Å². The number of carbonyl (C=O) groups excluding carboxylic acids is 2. The van der Waals surface area contributed by atoms with Crippen LogP contribution in [0.2, 0.25) is 5.02 Å². The fraction of sp³-hybridized carbons (Fsp3) is 0.407. The second kappa shape index (κ2) is 9.01. The maximum atomic E-state index is 12.9. The molecule has 3 N–H and O–H groups in total. The molecule has 2 bridgehead atoms. The molecule has 2 aliphatic carbocycles. The average molecular weight is 505 g/mol. The number of halogens is 1. The largest absolute Gasteiger partial charge is 0.378 e. The van der Waals surface area contributed by atoms with Gasteiger partial charge in [-0.05, 0) is 43.0 Å². The van der Waals surface area contributed by atoms with Crippen molar-refractivity contribution in [1.29, 1.82) is 0 Å². The van der Waals surface area contributed by atoms with Crippen molar-refractivity contribution < 1.29 is 9.59 Å². The fourth-order valence-corrected chi connectivity index (χ4v) is 6.17. The van der Waals surface area contributed by atoms with Gasteiger partial charge in [-0.2, -0.15) is 0 Å². The topological polar surface area (TPSA) is 104 Å². The molecule has 2 aliphatic heterocycles. The summed E-state index contributed by atoms with van der Waals surface area (Å²) in [6.45, 7) is 3.28. The summed E-state index contributed by atoms with van der Waals surface area (Å²) < 4.78 is 0. The van der Waals surface area contributed by atoms with Gasteiger partial charge in [0.25, 0.3) is 5.91 Å². The van der Waals surface area contributed by atoms with E-state index in [0.717, 1.165) is 49.6 Å². The molecule has 1 aromatic heterocycles. The van der Waals surface area contributed by atoms with Crippen molar-refractivity contribution in [2.75, 3.05) is 38.5 Å². The Morgan fingerprint density at radius 3 is 2.53 bits per heavy atom. The number of fused-ring (bicyclic) bond motifs is 3. The van der Waals surface area contributed by atoms with Crippen molar-refractivity contribution in [1.82, 2.24) is 14.8 Å². The predicted molar refractivity (Wildman–Crippen MR) is 140 cm³/mol. The van der Waals surface area contributed by atoms with E-state index < -0.39 is 0 Å². The third-order valence-corrected chi connectivity index (χ3v) is 8.31. The summed E-state index contributed by atoms with van der Waals surface area (Å²) >= 11 is 6.57. The number of primary amides is 1. The maximum Gasteiger partial charge on any atom is 0.253 e. The molecule has 0 unspecified atom stereocenters. The van der Waals surface area contributed by atoms with Crippen LogP contribution in [0.4, 0.5) is 11.4 Å². The first-order valence-corrected chi connectivity index (χ1v) is 12.8. The summed E-state index contributed by atoms with van der Waals surface area (Å²) in [5, 5.41) is 4.00. The van der Waals surface area contributed by atoms with Crippen LogP contribution in [-0.4, -0.2) is 71.6 Å². The van der Waals surface area contributed by atoms with Gasteiger partial charge < -0.3 is 20.9 Å². The molecule has 36 heavy (non-hydrogen) atoms. The number of rotatable bonds is 5. The Bertz CT molecular complexity index is 1280. The molecule has 2 amide bonds. The van der Waals surface area contributed by atoms with E-state index in [2.05, 4.69) is 34.4 Å². The summed E-state index contributed by atoms with van der Waals surface area (Å²) in [6.07, 6.45) is 7.40. The lowest BCUT2D eigenvalue weighted by atomic mass is 9.88. The molecule has 8 nitrogen and oxygen atoms in total. The van der Waals surface area contributed by atoms with Crippen LogP contribution < -0.4 is 11.1 Å². The van der Waals surface area contributed by atoms with Crippen LogP contribution >= 0.6 is 11.6 Å². The molecule has 6 rings (SSSR count). The van der Waals surface area contributed by atoms with Gasteiger partial charge in [0.1, 0.15) is 5.69 Å². The number of piperazine rings is 1. The number of aliphatic imine (C=N–C) groups is 1. The number of hydrogen-bond donors (Lipinski definition) is 2. The highest BCUT2D eigenvalue weighted by Gasteiger charge is 2.48. The molecule has 1 saturated heterocycles. The van der Waals surface area contributed by atoms with Crippen molar-refractivity contribution >= 4 is 40.5 Å². The molecular formula is C27H29ClN6O2. The Balaban J connectivity index is 1.23. The molecule has 4 aliphatic rings. The third-order valence-electron chi connectivity index (χ3n) is 8.02. The molecule has 0 spiro atoms. The Morgan fingerprint density at radius 2 is 1.81 bits per heavy atom. The number of nitrogens with two attached hydrogens (primary N) is 1. The van der Waals surface area contributed by atoms with E-state index >= 15 is 0 Å². The second-order valence-corrected chi connectivity index (χ2v) is 10.6. The lowest BCUT2D eigenvalue weighted by Crippen LogP contribution is -2.47. The first kappa shape index (κ1) is 23.2. The van der Waals surface area contributed by atoms with E-state index in [-0.39, 0.29) is 35.6 Å². The third kappa shape index (κ3) is 3.98. The van der Waals surface area contributed by atoms with Crippen molar-refractivity contribution in [3.63, 3.8) is 0 Å². The van der Waals surface area contributed by atoms with Crippen molar-refractivity contribution in [2.45, 2.75) is 18.9 Å². The minimum absolute atomic E-state index is 0.0650. The van der Waals surface area contributed by atoms with Gasteiger partial charge in [-0.1, -0.05) is 35.9 Å². The Kier molecular flexibility index (Phi) is 5.80. The van der Waals surface area contributed by atoms with E-state index in [1.165, 1.54) is 0 Å². The van der Waals surface area contributed by atoms with Crippen LogP contribution in [0.1, 0.15) is 28.0 Å². The first-order chi connectivity index (χ1) is 17.4. The SMILES string of the molecule is CN1CCN(C(=O)c2ccc(C3=Nc4c(ncc(Cl)c4N[C@H]4[C@@H](C(N)=O)[C@@H]5C=C[C@H]4C5)C3)cc2)CC1. The standard InChI is InChI=1S/C27H29ClN6O2/c1-33-8-10-34(11-9-33)27(36)16-4-2-15(3-5-16)20-13-21-25(31-20)24(19(28)14-30-21)32-23-18-7-6-17(12-18)22(23)26(29)35/h2-7,14,17-18,22-23H,8-13H2,1H3,(H2,29,35)(H,30,32)/t17-,18+,22+,23-/m1/s1. The van der Waals surface area contributed by atoms with E-state index in [4.69, 9.17) is 22.3 Å². The van der Waals surface area contributed by atoms with Crippen molar-refractivity contribution in [2.24, 2.45) is 28.5 Å². The van der Waals surface area contributed by atoms with E-state index in [0.29, 0.717) is 28.4 Å². The highest BCUT2D eigenvalue weighted by molar-refractivity contribution is 6.34. The van der Waals surface area contributed by atoms with Crippen LogP contribution in [0.25, 0.3) is 0 Å². The molecule has 3 heterocycles. The van der Waals surface area contributed by atoms with E-state index in [1.807, 2.05) is 29.2 Å². The smallest absolute Gasteiger partial charge is 0.253 e. The number of likely N-dealkylation sites (N-methyl/N-ethyl adjacent to an activating group) is 1. The van der Waals surface area contributed by atoms with Crippen LogP contribution in [0.3, 0.4) is 0 Å². The summed E-state index contributed by atoms with van der Waals surface area (Å²) in [6, 6.07) is 7.54. The number of hydrogen-bond acceptors (Lipinski definition) is 6. The van der Waals surface area contributed by atoms with Gasteiger partial charge >= 0.3 is 0 Å². The molecule has 0 radical (unpaired) electrons. The highest BCUT2D eigenvalue weighted by Crippen LogP contribution is 2.47. The van der Waals surface area contributed by atoms with Gasteiger partial charge in [0.05, 0.1) is 28.0 Å². The van der Waals surface area contributed by atoms with Gasteiger partial charge in [0.15, 0.2) is 0 Å².